The van der Waals surface area contributed by atoms with Crippen LogP contribution in [0.5, 0.6) is 0 Å². The van der Waals surface area contributed by atoms with E-state index < -0.39 is 11.8 Å². The van der Waals surface area contributed by atoms with Crippen molar-refractivity contribution in [3.63, 3.8) is 0 Å². The summed E-state index contributed by atoms with van der Waals surface area (Å²) in [5.41, 5.74) is 4.44. The molecule has 0 aliphatic rings. The molecule has 2 N–H and O–H groups in total. The molecule has 0 saturated heterocycles. The Kier molecular flexibility index (Phi) is 2.57. The van der Waals surface area contributed by atoms with Crippen LogP contribution in [-0.2, 0) is 9.59 Å². The maximum absolute atomic E-state index is 10.0. The molecular formula is C2H2Cl2N2O2. The lowest BCUT2D eigenvalue weighted by molar-refractivity contribution is -0.138. The number of amides is 2. The third-order valence-electron chi connectivity index (χ3n) is 0.364. The summed E-state index contributed by atoms with van der Waals surface area (Å²) >= 11 is 9.54. The van der Waals surface area contributed by atoms with Gasteiger partial charge in [-0.25, -0.2) is 0 Å². The molecule has 0 aromatic heterocycles. The second-order valence-electron chi connectivity index (χ2n) is 0.902. The molecule has 0 aromatic rings. The molecule has 0 unspecified atom stereocenters. The molecule has 0 fully saturated rings. The van der Waals surface area contributed by atoms with E-state index in [0.717, 1.165) is 0 Å². The van der Waals surface area contributed by atoms with Crippen molar-refractivity contribution < 1.29 is 9.59 Å². The molecule has 0 heterocycles. The number of rotatable bonds is 0. The average Bonchev–Trinajstić information content (AvgIpc) is 1.64. The van der Waals surface area contributed by atoms with Crippen molar-refractivity contribution >= 4 is 35.4 Å². The Labute approximate surface area is 55.4 Å². The molecule has 4 nitrogen and oxygen atoms in total. The topological polar surface area (TPSA) is 63.4 Å². The zero-order chi connectivity index (χ0) is 6.73. The number of halogens is 2. The van der Waals surface area contributed by atoms with E-state index >= 15 is 0 Å². The van der Waals surface area contributed by atoms with Crippen molar-refractivity contribution in [3.8, 4) is 0 Å². The van der Waals surface area contributed by atoms with Crippen LogP contribution in [0.3, 0.4) is 0 Å². The molecule has 0 aromatic carbocycles. The van der Waals surface area contributed by atoms with Crippen molar-refractivity contribution in [2.75, 3.05) is 0 Å². The number of carbonyl (C=O) groups is 2. The summed E-state index contributed by atoms with van der Waals surface area (Å²) in [6, 6.07) is 0. The van der Waals surface area contributed by atoms with Gasteiger partial charge in [-0.1, -0.05) is 0 Å². The molecule has 2 amide bonds. The van der Waals surface area contributed by atoms with Crippen LogP contribution in [0, 0.1) is 0 Å². The number of hydrogen-bond acceptors (Lipinski definition) is 2. The van der Waals surface area contributed by atoms with Crippen LogP contribution in [0.25, 0.3) is 0 Å². The molecule has 0 rings (SSSR count). The van der Waals surface area contributed by atoms with Gasteiger partial charge in [-0.05, 0) is 0 Å². The van der Waals surface area contributed by atoms with Gasteiger partial charge in [-0.2, -0.15) is 3.94 Å². The van der Waals surface area contributed by atoms with Crippen LogP contribution in [0.1, 0.15) is 0 Å². The minimum atomic E-state index is -1.19. The maximum Gasteiger partial charge on any atom is 0.341 e. The fourth-order valence-electron chi connectivity index (χ4n) is 0.0833. The molecule has 6 heteroatoms. The lowest BCUT2D eigenvalue weighted by atomic mass is 10.6. The second kappa shape index (κ2) is 2.74. The van der Waals surface area contributed by atoms with Crippen molar-refractivity contribution in [3.05, 3.63) is 0 Å². The van der Waals surface area contributed by atoms with Crippen LogP contribution < -0.4 is 5.73 Å². The Morgan fingerprint density at radius 2 is 1.75 bits per heavy atom. The van der Waals surface area contributed by atoms with Crippen molar-refractivity contribution in [1.82, 2.24) is 3.94 Å². The fraction of sp³-hybridized carbons (Fsp3) is 0. The zero-order valence-electron chi connectivity index (χ0n) is 3.60. The summed E-state index contributed by atoms with van der Waals surface area (Å²) in [7, 11) is 0. The number of carbonyl (C=O) groups excluding carboxylic acids is 2. The normalized spacial score (nSPS) is 8.25. The van der Waals surface area contributed by atoms with Gasteiger partial charge in [0.1, 0.15) is 0 Å². The molecule has 0 atom stereocenters. The lowest BCUT2D eigenvalue weighted by Gasteiger charge is -1.95. The minimum Gasteiger partial charge on any atom is -0.361 e. The predicted molar refractivity (Wildman–Crippen MR) is 27.7 cm³/mol. The summed E-state index contributed by atoms with van der Waals surface area (Å²) < 4.78 is 0.0718. The summed E-state index contributed by atoms with van der Waals surface area (Å²) in [5, 5.41) is 0. The van der Waals surface area contributed by atoms with Gasteiger partial charge in [0.15, 0.2) is 0 Å². The van der Waals surface area contributed by atoms with Crippen LogP contribution >= 0.6 is 23.6 Å². The van der Waals surface area contributed by atoms with Gasteiger partial charge in [0.05, 0.1) is 0 Å². The highest BCUT2D eigenvalue weighted by atomic mass is 35.5. The Bertz CT molecular complexity index is 123. The molecule has 8 heavy (non-hydrogen) atoms. The molecule has 0 bridgehead atoms. The minimum absolute atomic E-state index is 0.0718. The Morgan fingerprint density at radius 3 is 1.75 bits per heavy atom. The molecular weight excluding hydrogens is 155 g/mol. The predicted octanol–water partition coefficient (Wildman–Crippen LogP) is -0.392. The highest BCUT2D eigenvalue weighted by molar-refractivity contribution is 6.52. The van der Waals surface area contributed by atoms with Crippen molar-refractivity contribution in [1.29, 1.82) is 0 Å². The maximum atomic E-state index is 10.0. The van der Waals surface area contributed by atoms with Gasteiger partial charge in [0, 0.05) is 23.6 Å². The number of hydrogen-bond donors (Lipinski definition) is 1. The summed E-state index contributed by atoms with van der Waals surface area (Å²) in [6.45, 7) is 0. The van der Waals surface area contributed by atoms with Crippen molar-refractivity contribution in [2.45, 2.75) is 0 Å². The Morgan fingerprint density at radius 1 is 1.38 bits per heavy atom. The first-order valence-electron chi connectivity index (χ1n) is 1.51. The van der Waals surface area contributed by atoms with Crippen LogP contribution in [0.4, 0.5) is 0 Å². The number of primary amides is 1. The number of nitrogens with two attached hydrogens (primary N) is 1. The van der Waals surface area contributed by atoms with E-state index in [9.17, 15) is 9.59 Å². The highest BCUT2D eigenvalue weighted by Crippen LogP contribution is 1.97. The average molecular weight is 157 g/mol. The lowest BCUT2D eigenvalue weighted by Crippen LogP contribution is -2.29. The van der Waals surface area contributed by atoms with Gasteiger partial charge < -0.3 is 5.73 Å². The SMILES string of the molecule is NC(=O)C(=O)N(Cl)Cl. The quantitative estimate of drug-likeness (QED) is 0.384. The zero-order valence-corrected chi connectivity index (χ0v) is 5.11. The molecule has 46 valence electrons. The summed E-state index contributed by atoms with van der Waals surface area (Å²) in [5.74, 6) is -2.33. The van der Waals surface area contributed by atoms with Gasteiger partial charge in [0.2, 0.25) is 0 Å². The van der Waals surface area contributed by atoms with E-state index in [1.165, 1.54) is 0 Å². The third-order valence-corrected chi connectivity index (χ3v) is 0.671. The first-order chi connectivity index (χ1) is 3.55. The second-order valence-corrected chi connectivity index (χ2v) is 1.75. The van der Waals surface area contributed by atoms with Gasteiger partial charge in [-0.3, -0.25) is 9.59 Å². The third kappa shape index (κ3) is 1.99. The van der Waals surface area contributed by atoms with Crippen LogP contribution in [0.15, 0.2) is 0 Å². The molecule has 0 aliphatic heterocycles. The van der Waals surface area contributed by atoms with Gasteiger partial charge >= 0.3 is 11.8 Å². The first kappa shape index (κ1) is 7.52. The van der Waals surface area contributed by atoms with E-state index in [-0.39, 0.29) is 3.94 Å². The van der Waals surface area contributed by atoms with Crippen LogP contribution in [-0.4, -0.2) is 15.8 Å². The van der Waals surface area contributed by atoms with Crippen molar-refractivity contribution in [2.24, 2.45) is 5.73 Å². The van der Waals surface area contributed by atoms with Gasteiger partial charge in [0.25, 0.3) is 0 Å². The number of nitrogens with zero attached hydrogens (tertiary/aromatic N) is 1. The Balaban J connectivity index is 3.84. The molecule has 0 radical (unpaired) electrons. The first-order valence-corrected chi connectivity index (χ1v) is 2.18. The molecule has 0 saturated carbocycles. The largest absolute Gasteiger partial charge is 0.361 e. The Hall–Kier alpha value is -0.480. The van der Waals surface area contributed by atoms with E-state index in [4.69, 9.17) is 23.6 Å². The molecule has 0 spiro atoms. The van der Waals surface area contributed by atoms with E-state index in [1.807, 2.05) is 0 Å². The van der Waals surface area contributed by atoms with Gasteiger partial charge in [-0.15, -0.1) is 0 Å². The monoisotopic (exact) mass is 156 g/mol. The van der Waals surface area contributed by atoms with E-state index in [0.29, 0.717) is 0 Å². The van der Waals surface area contributed by atoms with E-state index in [2.05, 4.69) is 5.73 Å². The molecule has 0 aliphatic carbocycles. The van der Waals surface area contributed by atoms with Crippen LogP contribution in [0.2, 0.25) is 0 Å². The fourth-order valence-corrected chi connectivity index (χ4v) is 0.250. The smallest absolute Gasteiger partial charge is 0.341 e. The van der Waals surface area contributed by atoms with E-state index in [1.54, 1.807) is 0 Å². The summed E-state index contributed by atoms with van der Waals surface area (Å²) in [4.78, 5) is 19.8. The summed E-state index contributed by atoms with van der Waals surface area (Å²) in [6.07, 6.45) is 0. The highest BCUT2D eigenvalue weighted by Gasteiger charge is 2.13. The standard InChI is InChI=1S/C2H2Cl2N2O2/c3-6(4)2(8)1(5)7/h(H2,5,7).